The second-order valence-electron chi connectivity index (χ2n) is 28.9. The number of phosphoric acid groups is 2. The van der Waals surface area contributed by atoms with Crippen molar-refractivity contribution in [2.75, 3.05) is 39.6 Å². The zero-order chi connectivity index (χ0) is 71.9. The number of carbonyl (C=O) groups is 4. The van der Waals surface area contributed by atoms with Crippen molar-refractivity contribution in [2.45, 2.75) is 438 Å². The first kappa shape index (κ1) is 96.1. The summed E-state index contributed by atoms with van der Waals surface area (Å²) in [6.07, 6.45) is 62.7. The van der Waals surface area contributed by atoms with Crippen molar-refractivity contribution in [2.24, 2.45) is 5.92 Å². The van der Waals surface area contributed by atoms with Gasteiger partial charge in [0.1, 0.15) is 19.3 Å². The van der Waals surface area contributed by atoms with E-state index in [1.54, 1.807) is 0 Å². The van der Waals surface area contributed by atoms with E-state index >= 15 is 0 Å². The Kier molecular flexibility index (Phi) is 70.6. The van der Waals surface area contributed by atoms with Gasteiger partial charge in [0.05, 0.1) is 26.4 Å². The number of aliphatic hydroxyl groups excluding tert-OH is 1. The molecule has 0 radical (unpaired) electrons. The van der Waals surface area contributed by atoms with Gasteiger partial charge in [-0.1, -0.05) is 369 Å². The molecule has 0 heterocycles. The van der Waals surface area contributed by atoms with Gasteiger partial charge >= 0.3 is 39.5 Å². The fourth-order valence-corrected chi connectivity index (χ4v) is 13.8. The number of hydrogen-bond donors (Lipinski definition) is 3. The van der Waals surface area contributed by atoms with E-state index in [9.17, 15) is 43.2 Å². The van der Waals surface area contributed by atoms with Crippen molar-refractivity contribution < 1.29 is 80.2 Å². The number of aliphatic hydroxyl groups is 1. The predicted molar refractivity (Wildman–Crippen MR) is 400 cm³/mol. The minimum atomic E-state index is -4.96. The lowest BCUT2D eigenvalue weighted by atomic mass is 10.0. The molecule has 0 aromatic rings. The molecule has 0 aromatic carbocycles. The Morgan fingerprint density at radius 3 is 0.694 bits per heavy atom. The van der Waals surface area contributed by atoms with Gasteiger partial charge in [-0.05, 0) is 31.6 Å². The highest BCUT2D eigenvalue weighted by Crippen LogP contribution is 2.45. The van der Waals surface area contributed by atoms with E-state index in [-0.39, 0.29) is 25.7 Å². The number of ether oxygens (including phenoxy) is 4. The third kappa shape index (κ3) is 72.4. The van der Waals surface area contributed by atoms with E-state index in [0.29, 0.717) is 31.6 Å². The zero-order valence-corrected chi connectivity index (χ0v) is 65.7. The van der Waals surface area contributed by atoms with Gasteiger partial charge in [0.15, 0.2) is 12.2 Å². The minimum Gasteiger partial charge on any atom is -0.462 e. The summed E-state index contributed by atoms with van der Waals surface area (Å²) in [5, 5.41) is 10.6. The average molecular weight is 1440 g/mol. The van der Waals surface area contributed by atoms with Crippen molar-refractivity contribution in [3.8, 4) is 0 Å². The molecule has 0 aliphatic rings. The highest BCUT2D eigenvalue weighted by atomic mass is 31.2. The lowest BCUT2D eigenvalue weighted by molar-refractivity contribution is -0.161. The number of esters is 4. The Labute approximate surface area is 600 Å². The van der Waals surface area contributed by atoms with Gasteiger partial charge in [0, 0.05) is 25.7 Å². The Bertz CT molecular complexity index is 1870. The van der Waals surface area contributed by atoms with Gasteiger partial charge < -0.3 is 33.8 Å². The molecule has 5 atom stereocenters. The first-order chi connectivity index (χ1) is 47.5. The van der Waals surface area contributed by atoms with Crippen LogP contribution in [0.4, 0.5) is 0 Å². The van der Waals surface area contributed by atoms with E-state index in [1.165, 1.54) is 238 Å². The van der Waals surface area contributed by atoms with Crippen LogP contribution < -0.4 is 0 Å². The Morgan fingerprint density at radius 2 is 0.469 bits per heavy atom. The molecule has 582 valence electrons. The number of rotatable bonds is 79. The monoisotopic (exact) mass is 1440 g/mol. The molecule has 3 N–H and O–H groups in total. The maximum atomic E-state index is 13.1. The summed E-state index contributed by atoms with van der Waals surface area (Å²) in [4.78, 5) is 72.8. The summed E-state index contributed by atoms with van der Waals surface area (Å²) in [5.41, 5.74) is 0. The van der Waals surface area contributed by atoms with Crippen LogP contribution >= 0.6 is 15.6 Å². The van der Waals surface area contributed by atoms with Gasteiger partial charge in [-0.3, -0.25) is 37.3 Å². The molecule has 0 rings (SSSR count). The molecule has 98 heavy (non-hydrogen) atoms. The van der Waals surface area contributed by atoms with E-state index < -0.39 is 97.5 Å². The smallest absolute Gasteiger partial charge is 0.462 e. The number of phosphoric ester groups is 2. The Balaban J connectivity index is 5.19. The molecule has 0 aromatic heterocycles. The van der Waals surface area contributed by atoms with Crippen LogP contribution in [0.5, 0.6) is 0 Å². The average Bonchev–Trinajstić information content (AvgIpc) is 0.993. The Hall–Kier alpha value is -1.94. The zero-order valence-electron chi connectivity index (χ0n) is 63.9. The summed E-state index contributed by atoms with van der Waals surface area (Å²) >= 11 is 0. The summed E-state index contributed by atoms with van der Waals surface area (Å²) < 4.78 is 68.6. The molecule has 2 unspecified atom stereocenters. The molecule has 0 amide bonds. The van der Waals surface area contributed by atoms with Crippen LogP contribution in [0, 0.1) is 5.92 Å². The summed E-state index contributed by atoms with van der Waals surface area (Å²) in [5.74, 6) is -1.43. The van der Waals surface area contributed by atoms with Gasteiger partial charge in [-0.15, -0.1) is 0 Å². The van der Waals surface area contributed by atoms with Crippen molar-refractivity contribution >= 4 is 39.5 Å². The van der Waals surface area contributed by atoms with Crippen LogP contribution in [0.3, 0.4) is 0 Å². The predicted octanol–water partition coefficient (Wildman–Crippen LogP) is 23.6. The number of carbonyl (C=O) groups excluding carboxylic acids is 4. The topological polar surface area (TPSA) is 237 Å². The van der Waals surface area contributed by atoms with E-state index in [0.717, 1.165) is 96.3 Å². The molecule has 17 nitrogen and oxygen atoms in total. The van der Waals surface area contributed by atoms with Gasteiger partial charge in [-0.25, -0.2) is 9.13 Å². The first-order valence-corrected chi connectivity index (χ1v) is 44.1. The lowest BCUT2D eigenvalue weighted by Gasteiger charge is -2.21. The maximum absolute atomic E-state index is 13.1. The second-order valence-corrected chi connectivity index (χ2v) is 31.8. The van der Waals surface area contributed by atoms with Crippen LogP contribution in [-0.2, 0) is 65.4 Å². The largest absolute Gasteiger partial charge is 0.472 e. The third-order valence-electron chi connectivity index (χ3n) is 18.5. The molecule has 0 aliphatic carbocycles. The van der Waals surface area contributed by atoms with Crippen LogP contribution in [-0.4, -0.2) is 96.7 Å². The SMILES string of the molecule is CCCCCCCCCCCCCCCCCCCCCCC(=O)O[C@H](COC(=O)CCCCCCCCCCCCCCCCCCCC)COP(=O)(O)OC[C@@H](O)COP(=O)(O)OC[C@@H](COC(=O)CCCCCCCCC(C)C)OC(=O)CCCCCCCCCCCCC. The molecule has 0 fully saturated rings. The van der Waals surface area contributed by atoms with Crippen molar-refractivity contribution in [1.82, 2.24) is 0 Å². The first-order valence-electron chi connectivity index (χ1n) is 41.1. The van der Waals surface area contributed by atoms with Gasteiger partial charge in [-0.2, -0.15) is 0 Å². The molecule has 19 heteroatoms. The van der Waals surface area contributed by atoms with Crippen LogP contribution in [0.1, 0.15) is 420 Å². The number of unbranched alkanes of at least 4 members (excludes halogenated alkanes) is 51. The minimum absolute atomic E-state index is 0.106. The fourth-order valence-electron chi connectivity index (χ4n) is 12.2. The van der Waals surface area contributed by atoms with Crippen molar-refractivity contribution in [3.63, 3.8) is 0 Å². The molecule has 0 bridgehead atoms. The Morgan fingerprint density at radius 1 is 0.276 bits per heavy atom. The molecule has 0 saturated carbocycles. The van der Waals surface area contributed by atoms with Crippen molar-refractivity contribution in [3.05, 3.63) is 0 Å². The molecular formula is C79H154O17P2. The van der Waals surface area contributed by atoms with Crippen molar-refractivity contribution in [1.29, 1.82) is 0 Å². The normalized spacial score (nSPS) is 13.9. The maximum Gasteiger partial charge on any atom is 0.472 e. The summed E-state index contributed by atoms with van der Waals surface area (Å²) in [6, 6.07) is 0. The number of hydrogen-bond acceptors (Lipinski definition) is 15. The standard InChI is InChI=1S/C79H154O17P2/c1-6-9-12-15-18-21-24-26-28-30-32-33-35-37-39-42-45-48-55-60-65-79(84)95-74(68-89-76(81)62-57-52-46-43-41-38-36-34-31-29-27-25-22-19-16-13-10-7-2)70-93-97(85,86)91-66-73(80)67-92-98(87,88)94-71-75(69-90-77(82)63-58-53-50-49-51-56-61-72(4)5)96-78(83)64-59-54-47-44-40-23-20-17-14-11-8-3/h72-75,80H,6-71H2,1-5H3,(H,85,86)(H,87,88)/t73-,74-,75-/m1/s1. The molecule has 0 saturated heterocycles. The lowest BCUT2D eigenvalue weighted by Crippen LogP contribution is -2.30. The fraction of sp³-hybridized carbons (Fsp3) is 0.949. The molecule has 0 spiro atoms. The van der Waals surface area contributed by atoms with E-state index in [2.05, 4.69) is 34.6 Å². The van der Waals surface area contributed by atoms with Crippen LogP contribution in [0.15, 0.2) is 0 Å². The third-order valence-corrected chi connectivity index (χ3v) is 20.4. The van der Waals surface area contributed by atoms with Crippen LogP contribution in [0.2, 0.25) is 0 Å². The van der Waals surface area contributed by atoms with E-state index in [4.69, 9.17) is 37.0 Å². The van der Waals surface area contributed by atoms with E-state index in [1.807, 2.05) is 0 Å². The highest BCUT2D eigenvalue weighted by molar-refractivity contribution is 7.47. The summed E-state index contributed by atoms with van der Waals surface area (Å²) in [6.45, 7) is 7.22. The molecule has 0 aliphatic heterocycles. The quantitative estimate of drug-likeness (QED) is 0.0222. The summed E-state index contributed by atoms with van der Waals surface area (Å²) in [7, 11) is -9.91. The van der Waals surface area contributed by atoms with Crippen LogP contribution in [0.25, 0.3) is 0 Å². The van der Waals surface area contributed by atoms with Gasteiger partial charge in [0.25, 0.3) is 0 Å². The second kappa shape index (κ2) is 72.0. The van der Waals surface area contributed by atoms with Gasteiger partial charge in [0.2, 0.25) is 0 Å². The molecular weight excluding hydrogens is 1280 g/mol. The highest BCUT2D eigenvalue weighted by Gasteiger charge is 2.30.